The molecule has 2 aliphatic heterocycles. The Bertz CT molecular complexity index is 958. The lowest BCUT2D eigenvalue weighted by Crippen LogP contribution is -2.53. The van der Waals surface area contributed by atoms with Gasteiger partial charge in [-0.2, -0.15) is 0 Å². The fourth-order valence-corrected chi connectivity index (χ4v) is 5.83. The topological polar surface area (TPSA) is 121 Å². The van der Waals surface area contributed by atoms with Crippen LogP contribution in [0, 0.1) is 0 Å². The van der Waals surface area contributed by atoms with E-state index in [0.717, 1.165) is 25.7 Å². The highest BCUT2D eigenvalue weighted by molar-refractivity contribution is 8.01. The van der Waals surface area contributed by atoms with Gasteiger partial charge in [-0.1, -0.05) is 33.1 Å². The first-order valence-corrected chi connectivity index (χ1v) is 12.1. The Morgan fingerprint density at radius 2 is 1.94 bits per heavy atom. The maximum Gasteiger partial charge on any atom is 0.330 e. The molecule has 1 aromatic rings. The molecule has 31 heavy (non-hydrogen) atoms. The van der Waals surface area contributed by atoms with Crippen LogP contribution in [0.2, 0.25) is 0 Å². The SMILES string of the molecule is CCCCCN(C(=O)C1CSC2(C)CCC(=O)N12)c1c(N)n(CCCC)c(=O)[nH]c1=O. The first kappa shape index (κ1) is 23.4. The maximum absolute atomic E-state index is 13.7. The number of hydrogen-bond acceptors (Lipinski definition) is 6. The molecule has 3 N–H and O–H groups in total. The van der Waals surface area contributed by atoms with E-state index in [-0.39, 0.29) is 28.2 Å². The number of nitrogen functional groups attached to an aromatic ring is 1. The maximum atomic E-state index is 13.7. The fourth-order valence-electron chi connectivity index (χ4n) is 4.41. The summed E-state index contributed by atoms with van der Waals surface area (Å²) in [6.45, 7) is 6.72. The van der Waals surface area contributed by atoms with Crippen LogP contribution < -0.4 is 21.9 Å². The molecule has 172 valence electrons. The van der Waals surface area contributed by atoms with Crippen molar-refractivity contribution in [2.45, 2.75) is 83.2 Å². The van der Waals surface area contributed by atoms with Crippen molar-refractivity contribution in [3.8, 4) is 0 Å². The van der Waals surface area contributed by atoms with Crippen molar-refractivity contribution in [1.82, 2.24) is 14.5 Å². The van der Waals surface area contributed by atoms with Gasteiger partial charge in [0.25, 0.3) is 11.5 Å². The van der Waals surface area contributed by atoms with E-state index in [2.05, 4.69) is 11.9 Å². The molecule has 0 saturated carbocycles. The number of carbonyl (C=O) groups excluding carboxylic acids is 2. The number of H-pyrrole nitrogens is 1. The first-order chi connectivity index (χ1) is 14.7. The minimum absolute atomic E-state index is 0.00760. The number of anilines is 2. The number of nitrogens with two attached hydrogens (primary N) is 1. The average Bonchev–Trinajstić information content (AvgIpc) is 3.21. The molecule has 1 aromatic heterocycles. The van der Waals surface area contributed by atoms with E-state index >= 15 is 0 Å². The summed E-state index contributed by atoms with van der Waals surface area (Å²) in [7, 11) is 0. The Kier molecular flexibility index (Phi) is 7.18. The monoisotopic (exact) mass is 451 g/mol. The smallest absolute Gasteiger partial charge is 0.330 e. The van der Waals surface area contributed by atoms with Crippen LogP contribution in [0.4, 0.5) is 11.5 Å². The molecule has 2 unspecified atom stereocenters. The number of nitrogens with one attached hydrogen (secondary N) is 1. The van der Waals surface area contributed by atoms with Crippen LogP contribution in [-0.2, 0) is 16.1 Å². The summed E-state index contributed by atoms with van der Waals surface area (Å²) in [5.41, 5.74) is 5.07. The summed E-state index contributed by atoms with van der Waals surface area (Å²) in [5, 5.41) is 0. The highest BCUT2D eigenvalue weighted by atomic mass is 32.2. The Morgan fingerprint density at radius 3 is 2.61 bits per heavy atom. The van der Waals surface area contributed by atoms with Crippen LogP contribution in [0.1, 0.15) is 65.7 Å². The second-order valence-corrected chi connectivity index (χ2v) is 9.96. The van der Waals surface area contributed by atoms with Gasteiger partial charge in [0.15, 0.2) is 5.69 Å². The van der Waals surface area contributed by atoms with Crippen molar-refractivity contribution in [1.29, 1.82) is 0 Å². The molecule has 10 heteroatoms. The number of unbranched alkanes of at least 4 members (excludes halogenated alkanes) is 3. The molecule has 2 saturated heterocycles. The second-order valence-electron chi connectivity index (χ2n) is 8.46. The van der Waals surface area contributed by atoms with Crippen LogP contribution in [0.3, 0.4) is 0 Å². The van der Waals surface area contributed by atoms with Crippen LogP contribution in [-0.4, -0.2) is 49.5 Å². The van der Waals surface area contributed by atoms with Gasteiger partial charge >= 0.3 is 5.69 Å². The molecule has 0 aliphatic carbocycles. The fraction of sp³-hybridized carbons (Fsp3) is 0.714. The molecule has 0 aromatic carbocycles. The van der Waals surface area contributed by atoms with Crippen molar-refractivity contribution >= 4 is 35.1 Å². The van der Waals surface area contributed by atoms with Gasteiger partial charge < -0.3 is 15.5 Å². The second kappa shape index (κ2) is 9.50. The zero-order chi connectivity index (χ0) is 22.8. The Balaban J connectivity index is 2.02. The number of aromatic nitrogens is 2. The molecule has 2 aliphatic rings. The minimum Gasteiger partial charge on any atom is -0.383 e. The molecular weight excluding hydrogens is 418 g/mol. The van der Waals surface area contributed by atoms with Gasteiger partial charge in [0.1, 0.15) is 11.9 Å². The van der Waals surface area contributed by atoms with Crippen LogP contribution in [0.25, 0.3) is 0 Å². The Hall–Kier alpha value is -2.23. The van der Waals surface area contributed by atoms with Crippen molar-refractivity contribution in [2.75, 3.05) is 22.9 Å². The first-order valence-electron chi connectivity index (χ1n) is 11.1. The van der Waals surface area contributed by atoms with Gasteiger partial charge in [-0.15, -0.1) is 11.8 Å². The number of thioether (sulfide) groups is 1. The third-order valence-electron chi connectivity index (χ3n) is 6.20. The number of amides is 2. The summed E-state index contributed by atoms with van der Waals surface area (Å²) in [5.74, 6) is 0.154. The molecule has 3 rings (SSSR count). The molecule has 2 atom stereocenters. The standard InChI is InChI=1S/C21H33N5O4S/c1-4-6-8-12-24(16-17(22)25(11-7-5-2)20(30)23-18(16)28)19(29)14-13-31-21(3)10-9-15(27)26(14)21/h14H,4-13,22H2,1-3H3,(H,23,28,30). The molecule has 9 nitrogen and oxygen atoms in total. The summed E-state index contributed by atoms with van der Waals surface area (Å²) >= 11 is 1.61. The van der Waals surface area contributed by atoms with Gasteiger partial charge in [0.05, 0.1) is 4.87 Å². The van der Waals surface area contributed by atoms with E-state index in [9.17, 15) is 19.2 Å². The van der Waals surface area contributed by atoms with E-state index in [1.165, 1.54) is 9.47 Å². The summed E-state index contributed by atoms with van der Waals surface area (Å²) in [6.07, 6.45) is 5.24. The molecule has 0 bridgehead atoms. The number of fused-ring (bicyclic) bond motifs is 1. The largest absolute Gasteiger partial charge is 0.383 e. The lowest BCUT2D eigenvalue weighted by Gasteiger charge is -2.33. The van der Waals surface area contributed by atoms with Crippen LogP contribution >= 0.6 is 11.8 Å². The Morgan fingerprint density at radius 1 is 1.23 bits per heavy atom. The lowest BCUT2D eigenvalue weighted by molar-refractivity contribution is -0.136. The molecule has 0 spiro atoms. The number of hydrogen-bond donors (Lipinski definition) is 2. The highest BCUT2D eigenvalue weighted by Crippen LogP contribution is 2.47. The van der Waals surface area contributed by atoms with Crippen molar-refractivity contribution in [2.24, 2.45) is 0 Å². The van der Waals surface area contributed by atoms with Crippen LogP contribution in [0.15, 0.2) is 9.59 Å². The zero-order valence-electron chi connectivity index (χ0n) is 18.6. The average molecular weight is 452 g/mol. The van der Waals surface area contributed by atoms with E-state index in [0.29, 0.717) is 38.1 Å². The highest BCUT2D eigenvalue weighted by Gasteiger charge is 2.54. The molecule has 2 amide bonds. The number of rotatable bonds is 9. The lowest BCUT2D eigenvalue weighted by atomic mass is 10.1. The third-order valence-corrected chi connectivity index (χ3v) is 7.71. The van der Waals surface area contributed by atoms with Gasteiger partial charge in [-0.25, -0.2) is 4.79 Å². The molecule has 0 radical (unpaired) electrons. The molecule has 3 heterocycles. The number of aromatic amines is 1. The predicted molar refractivity (Wildman–Crippen MR) is 123 cm³/mol. The summed E-state index contributed by atoms with van der Waals surface area (Å²) < 4.78 is 1.33. The van der Waals surface area contributed by atoms with Crippen molar-refractivity contribution in [3.63, 3.8) is 0 Å². The van der Waals surface area contributed by atoms with E-state index in [1.54, 1.807) is 16.7 Å². The van der Waals surface area contributed by atoms with E-state index < -0.39 is 17.3 Å². The van der Waals surface area contributed by atoms with Crippen LogP contribution in [0.5, 0.6) is 0 Å². The number of carbonyl (C=O) groups is 2. The van der Waals surface area contributed by atoms with Gasteiger partial charge in [-0.3, -0.25) is 23.9 Å². The van der Waals surface area contributed by atoms with E-state index in [1.807, 2.05) is 13.8 Å². The predicted octanol–water partition coefficient (Wildman–Crippen LogP) is 1.90. The normalized spacial score (nSPS) is 22.7. The van der Waals surface area contributed by atoms with Crippen molar-refractivity contribution in [3.05, 3.63) is 20.8 Å². The quantitative estimate of drug-likeness (QED) is 0.553. The summed E-state index contributed by atoms with van der Waals surface area (Å²) in [4.78, 5) is 56.4. The molecule has 2 fully saturated rings. The summed E-state index contributed by atoms with van der Waals surface area (Å²) in [6, 6.07) is -0.638. The Labute approximate surface area is 186 Å². The minimum atomic E-state index is -0.666. The van der Waals surface area contributed by atoms with Gasteiger partial charge in [-0.05, 0) is 26.2 Å². The van der Waals surface area contributed by atoms with Gasteiger partial charge in [0, 0.05) is 25.3 Å². The number of nitrogens with zero attached hydrogens (tertiary/aromatic N) is 3. The zero-order valence-corrected chi connectivity index (χ0v) is 19.4. The van der Waals surface area contributed by atoms with Crippen molar-refractivity contribution < 1.29 is 9.59 Å². The third kappa shape index (κ3) is 4.40. The van der Waals surface area contributed by atoms with Gasteiger partial charge in [0.2, 0.25) is 5.91 Å². The van der Waals surface area contributed by atoms with E-state index in [4.69, 9.17) is 5.73 Å². The molecular formula is C21H33N5O4S.